The molecule has 5 nitrogen and oxygen atoms in total. The number of amides is 2. The highest BCUT2D eigenvalue weighted by Crippen LogP contribution is 2.38. The molecule has 0 spiro atoms. The predicted molar refractivity (Wildman–Crippen MR) is 126 cm³/mol. The van der Waals surface area contributed by atoms with E-state index in [1.807, 2.05) is 54.1 Å². The molecule has 1 aromatic carbocycles. The Hall–Kier alpha value is -2.60. The number of thiophene rings is 1. The molecule has 0 bridgehead atoms. The molecule has 3 heterocycles. The van der Waals surface area contributed by atoms with Gasteiger partial charge in [-0.1, -0.05) is 25.3 Å². The van der Waals surface area contributed by atoms with Crippen LogP contribution in [0, 0.1) is 13.8 Å². The van der Waals surface area contributed by atoms with Crippen molar-refractivity contribution in [1.29, 1.82) is 0 Å². The van der Waals surface area contributed by atoms with Crippen molar-refractivity contribution in [3.8, 4) is 0 Å². The lowest BCUT2D eigenvalue weighted by Crippen LogP contribution is -2.65. The largest absolute Gasteiger partial charge is 0.351 e. The molecule has 31 heavy (non-hydrogen) atoms. The fraction of sp³-hybridized carbons (Fsp3) is 0.440. The number of rotatable bonds is 3. The van der Waals surface area contributed by atoms with Crippen molar-refractivity contribution in [1.82, 2.24) is 9.88 Å². The first kappa shape index (κ1) is 20.3. The van der Waals surface area contributed by atoms with Crippen LogP contribution in [0.3, 0.4) is 0 Å². The number of carbonyl (C=O) groups excluding carboxylic acids is 2. The Labute approximate surface area is 187 Å². The summed E-state index contributed by atoms with van der Waals surface area (Å²) in [6.45, 7) is 6.47. The van der Waals surface area contributed by atoms with Crippen LogP contribution in [-0.2, 0) is 11.3 Å². The van der Waals surface area contributed by atoms with Gasteiger partial charge in [-0.15, -0.1) is 11.3 Å². The van der Waals surface area contributed by atoms with Crippen molar-refractivity contribution < 1.29 is 9.59 Å². The number of carbonyl (C=O) groups is 2. The molecule has 1 N–H and O–H groups in total. The maximum atomic E-state index is 13.8. The molecule has 162 valence electrons. The van der Waals surface area contributed by atoms with Crippen molar-refractivity contribution >= 4 is 39.1 Å². The Morgan fingerprint density at radius 2 is 1.87 bits per heavy atom. The van der Waals surface area contributed by atoms with Gasteiger partial charge in [-0.25, -0.2) is 0 Å². The minimum atomic E-state index is -1.00. The summed E-state index contributed by atoms with van der Waals surface area (Å²) >= 11 is 1.63. The molecular formula is C25H29N3O2S. The third-order valence-corrected chi connectivity index (χ3v) is 7.94. The molecular weight excluding hydrogens is 406 g/mol. The first-order chi connectivity index (χ1) is 14.9. The van der Waals surface area contributed by atoms with Gasteiger partial charge in [-0.05, 0) is 74.4 Å². The fourth-order valence-electron chi connectivity index (χ4n) is 5.07. The lowest BCUT2D eigenvalue weighted by Gasteiger charge is -2.45. The molecule has 1 saturated carbocycles. The average molecular weight is 436 g/mol. The van der Waals surface area contributed by atoms with Gasteiger partial charge in [0.15, 0.2) is 0 Å². The summed E-state index contributed by atoms with van der Waals surface area (Å²) in [5, 5.41) is 5.34. The summed E-state index contributed by atoms with van der Waals surface area (Å²) in [4.78, 5) is 29.3. The third-order valence-electron chi connectivity index (χ3n) is 7.08. The van der Waals surface area contributed by atoms with E-state index in [4.69, 9.17) is 0 Å². The van der Waals surface area contributed by atoms with Gasteiger partial charge in [0.2, 0.25) is 5.91 Å². The van der Waals surface area contributed by atoms with Gasteiger partial charge >= 0.3 is 0 Å². The molecule has 6 heteroatoms. The van der Waals surface area contributed by atoms with Gasteiger partial charge in [0.1, 0.15) is 11.2 Å². The first-order valence-corrected chi connectivity index (χ1v) is 12.1. The zero-order valence-corrected chi connectivity index (χ0v) is 19.2. The van der Waals surface area contributed by atoms with Gasteiger partial charge in [0.25, 0.3) is 5.91 Å². The second-order valence-electron chi connectivity index (χ2n) is 9.28. The van der Waals surface area contributed by atoms with Crippen molar-refractivity contribution in [3.05, 3.63) is 52.5 Å². The molecule has 5 rings (SSSR count). The number of nitrogens with zero attached hydrogens (tertiary/aromatic N) is 2. The van der Waals surface area contributed by atoms with Crippen LogP contribution in [0.15, 0.2) is 35.7 Å². The molecule has 2 amide bonds. The lowest BCUT2D eigenvalue weighted by molar-refractivity contribution is -0.127. The Morgan fingerprint density at radius 3 is 2.61 bits per heavy atom. The maximum Gasteiger partial charge on any atom is 0.275 e. The van der Waals surface area contributed by atoms with E-state index in [0.717, 1.165) is 47.2 Å². The lowest BCUT2D eigenvalue weighted by atomic mass is 9.90. The average Bonchev–Trinajstić information content (AvgIpc) is 3.34. The quantitative estimate of drug-likeness (QED) is 0.616. The van der Waals surface area contributed by atoms with Crippen LogP contribution in [-0.4, -0.2) is 28.0 Å². The Kier molecular flexibility index (Phi) is 4.93. The van der Waals surface area contributed by atoms with Crippen LogP contribution in [0.25, 0.3) is 10.2 Å². The van der Waals surface area contributed by atoms with Crippen LogP contribution in [0.2, 0.25) is 0 Å². The number of fused-ring (bicyclic) bond motifs is 3. The predicted octanol–water partition coefficient (Wildman–Crippen LogP) is 5.19. The van der Waals surface area contributed by atoms with Crippen molar-refractivity contribution in [2.24, 2.45) is 0 Å². The maximum absolute atomic E-state index is 13.8. The molecule has 0 saturated heterocycles. The number of hydrogen-bond acceptors (Lipinski definition) is 3. The van der Waals surface area contributed by atoms with Crippen LogP contribution in [0.5, 0.6) is 0 Å². The number of aromatic nitrogens is 1. The van der Waals surface area contributed by atoms with Crippen LogP contribution >= 0.6 is 11.3 Å². The van der Waals surface area contributed by atoms with E-state index in [1.54, 1.807) is 16.2 Å². The van der Waals surface area contributed by atoms with E-state index in [2.05, 4.69) is 12.2 Å². The molecule has 1 aliphatic carbocycles. The summed E-state index contributed by atoms with van der Waals surface area (Å²) in [5.74, 6) is -0.173. The number of benzene rings is 1. The summed E-state index contributed by atoms with van der Waals surface area (Å²) in [5.41, 5.74) is 3.75. The third kappa shape index (κ3) is 3.28. The van der Waals surface area contributed by atoms with Gasteiger partial charge in [-0.2, -0.15) is 0 Å². The molecule has 1 fully saturated rings. The minimum Gasteiger partial charge on any atom is -0.351 e. The monoisotopic (exact) mass is 435 g/mol. The highest BCUT2D eigenvalue weighted by Gasteiger charge is 2.49. The van der Waals surface area contributed by atoms with Crippen LogP contribution < -0.4 is 10.2 Å². The fourth-order valence-corrected chi connectivity index (χ4v) is 5.89. The highest BCUT2D eigenvalue weighted by atomic mass is 32.1. The Morgan fingerprint density at radius 1 is 1.10 bits per heavy atom. The van der Waals surface area contributed by atoms with Crippen LogP contribution in [0.1, 0.15) is 60.6 Å². The summed E-state index contributed by atoms with van der Waals surface area (Å²) < 4.78 is 3.12. The molecule has 2 aliphatic rings. The molecule has 1 aliphatic heterocycles. The molecule has 3 aromatic rings. The number of anilines is 1. The normalized spacial score (nSPS) is 22.0. The van der Waals surface area contributed by atoms with Gasteiger partial charge in [-0.3, -0.25) is 14.5 Å². The molecule has 1 atom stereocenters. The number of hydrogen-bond donors (Lipinski definition) is 1. The van der Waals surface area contributed by atoms with E-state index in [1.165, 1.54) is 12.0 Å². The summed E-state index contributed by atoms with van der Waals surface area (Å²) in [6, 6.07) is 10.2. The summed E-state index contributed by atoms with van der Waals surface area (Å²) in [7, 11) is 0. The Bertz CT molecular complexity index is 1170. The molecule has 1 unspecified atom stereocenters. The first-order valence-electron chi connectivity index (χ1n) is 11.2. The van der Waals surface area contributed by atoms with E-state index < -0.39 is 5.54 Å². The topological polar surface area (TPSA) is 54.3 Å². The standard InChI is InChI=1S/C25H29N3O2S/c1-16-9-10-19(13-17(16)2)28-23(29)21-14-22-20(11-12-31-22)27(21)15-25(28,3)24(30)26-18-7-5-4-6-8-18/h9-14,18H,4-8,15H2,1-3H3,(H,26,30). The highest BCUT2D eigenvalue weighted by molar-refractivity contribution is 7.17. The van der Waals surface area contributed by atoms with E-state index in [-0.39, 0.29) is 17.9 Å². The zero-order chi connectivity index (χ0) is 21.8. The van der Waals surface area contributed by atoms with Gasteiger partial charge < -0.3 is 9.88 Å². The number of nitrogens with one attached hydrogen (secondary N) is 1. The summed E-state index contributed by atoms with van der Waals surface area (Å²) in [6.07, 6.45) is 5.57. The SMILES string of the molecule is Cc1ccc(N2C(=O)c3cc4sccc4n3CC2(C)C(=O)NC2CCCCC2)cc1C. The van der Waals surface area contributed by atoms with Crippen molar-refractivity contribution in [2.75, 3.05) is 4.90 Å². The van der Waals surface area contributed by atoms with Gasteiger partial charge in [0, 0.05) is 11.7 Å². The zero-order valence-electron chi connectivity index (χ0n) is 18.4. The Balaban J connectivity index is 1.61. The molecule has 2 aromatic heterocycles. The van der Waals surface area contributed by atoms with Crippen LogP contribution in [0.4, 0.5) is 5.69 Å². The van der Waals surface area contributed by atoms with Crippen molar-refractivity contribution in [2.45, 2.75) is 71.0 Å². The number of aryl methyl sites for hydroxylation is 2. The minimum absolute atomic E-state index is 0.0614. The van der Waals surface area contributed by atoms with Crippen molar-refractivity contribution in [3.63, 3.8) is 0 Å². The second-order valence-corrected chi connectivity index (χ2v) is 10.2. The molecule has 0 radical (unpaired) electrons. The van der Waals surface area contributed by atoms with E-state index in [9.17, 15) is 9.59 Å². The van der Waals surface area contributed by atoms with E-state index in [0.29, 0.717) is 12.2 Å². The van der Waals surface area contributed by atoms with E-state index >= 15 is 0 Å². The smallest absolute Gasteiger partial charge is 0.275 e. The second kappa shape index (κ2) is 7.52. The van der Waals surface area contributed by atoms with Gasteiger partial charge in [0.05, 0.1) is 16.8 Å².